The molecular weight excluding hydrogens is 268 g/mol. The van der Waals surface area contributed by atoms with Crippen LogP contribution in [0.2, 0.25) is 0 Å². The number of aliphatic imine (C=N–C) groups is 1. The Kier molecular flexibility index (Phi) is 5.87. The summed E-state index contributed by atoms with van der Waals surface area (Å²) in [5.74, 6) is 0.743. The highest BCUT2D eigenvalue weighted by molar-refractivity contribution is 5.79. The third-order valence-corrected chi connectivity index (χ3v) is 2.83. The SMILES string of the molecule is CN=C(NCc1nccn1C(F)F)NCC(C)(C)OC. The number of rotatable bonds is 6. The molecule has 1 rings (SSSR count). The van der Waals surface area contributed by atoms with E-state index < -0.39 is 6.55 Å². The van der Waals surface area contributed by atoms with Crippen molar-refractivity contribution in [1.29, 1.82) is 0 Å². The average molecular weight is 289 g/mol. The first-order chi connectivity index (χ1) is 9.39. The fraction of sp³-hybridized carbons (Fsp3) is 0.667. The number of nitrogens with one attached hydrogen (secondary N) is 2. The van der Waals surface area contributed by atoms with E-state index in [9.17, 15) is 8.78 Å². The Hall–Kier alpha value is -1.70. The Balaban J connectivity index is 2.52. The summed E-state index contributed by atoms with van der Waals surface area (Å²) in [7, 11) is 3.23. The number of hydrogen-bond donors (Lipinski definition) is 2. The highest BCUT2D eigenvalue weighted by Crippen LogP contribution is 2.11. The Labute approximate surface area is 117 Å². The molecule has 114 valence electrons. The highest BCUT2D eigenvalue weighted by atomic mass is 19.3. The second-order valence-corrected chi connectivity index (χ2v) is 4.77. The number of aromatic nitrogens is 2. The summed E-state index contributed by atoms with van der Waals surface area (Å²) in [5.41, 5.74) is -0.348. The minimum Gasteiger partial charge on any atom is -0.377 e. The van der Waals surface area contributed by atoms with Gasteiger partial charge >= 0.3 is 6.55 Å². The third-order valence-electron chi connectivity index (χ3n) is 2.83. The second-order valence-electron chi connectivity index (χ2n) is 4.77. The molecule has 0 spiro atoms. The van der Waals surface area contributed by atoms with Crippen molar-refractivity contribution in [3.05, 3.63) is 18.2 Å². The van der Waals surface area contributed by atoms with Crippen molar-refractivity contribution in [3.8, 4) is 0 Å². The highest BCUT2D eigenvalue weighted by Gasteiger charge is 2.17. The molecule has 0 aromatic carbocycles. The summed E-state index contributed by atoms with van der Waals surface area (Å²) in [4.78, 5) is 7.90. The molecular formula is C12H21F2N5O. The first kappa shape index (κ1) is 16.4. The number of halogens is 2. The molecule has 8 heteroatoms. The van der Waals surface area contributed by atoms with Gasteiger partial charge in [0.15, 0.2) is 5.96 Å². The summed E-state index contributed by atoms with van der Waals surface area (Å²) in [6.45, 7) is 1.95. The lowest BCUT2D eigenvalue weighted by Crippen LogP contribution is -2.45. The number of methoxy groups -OCH3 is 1. The molecule has 0 saturated heterocycles. The van der Waals surface area contributed by atoms with Crippen LogP contribution in [0.3, 0.4) is 0 Å². The Morgan fingerprint density at radius 2 is 2.20 bits per heavy atom. The quantitative estimate of drug-likeness (QED) is 0.613. The molecule has 0 saturated carbocycles. The minimum atomic E-state index is -2.60. The second kappa shape index (κ2) is 7.18. The molecule has 0 aliphatic carbocycles. The zero-order valence-electron chi connectivity index (χ0n) is 12.2. The summed E-state index contributed by atoms with van der Waals surface area (Å²) < 4.78 is 31.4. The van der Waals surface area contributed by atoms with Gasteiger partial charge in [-0.05, 0) is 13.8 Å². The third kappa shape index (κ3) is 4.76. The smallest absolute Gasteiger partial charge is 0.319 e. The van der Waals surface area contributed by atoms with E-state index >= 15 is 0 Å². The van der Waals surface area contributed by atoms with Crippen LogP contribution in [0, 0.1) is 0 Å². The molecule has 2 N–H and O–H groups in total. The molecule has 1 heterocycles. The molecule has 0 bridgehead atoms. The van der Waals surface area contributed by atoms with Gasteiger partial charge in [0.1, 0.15) is 5.82 Å². The molecule has 0 fully saturated rings. The van der Waals surface area contributed by atoms with Gasteiger partial charge in [0.25, 0.3) is 0 Å². The molecule has 6 nitrogen and oxygen atoms in total. The van der Waals surface area contributed by atoms with Gasteiger partial charge in [-0.2, -0.15) is 8.78 Å². The van der Waals surface area contributed by atoms with Crippen molar-refractivity contribution < 1.29 is 13.5 Å². The van der Waals surface area contributed by atoms with Crippen LogP contribution in [0.15, 0.2) is 17.4 Å². The summed E-state index contributed by atoms with van der Waals surface area (Å²) >= 11 is 0. The van der Waals surface area contributed by atoms with E-state index in [1.165, 1.54) is 12.4 Å². The van der Waals surface area contributed by atoms with Crippen LogP contribution in [0.1, 0.15) is 26.2 Å². The van der Waals surface area contributed by atoms with Crippen molar-refractivity contribution in [2.45, 2.75) is 32.5 Å². The van der Waals surface area contributed by atoms with Crippen molar-refractivity contribution in [3.63, 3.8) is 0 Å². The molecule has 0 atom stereocenters. The van der Waals surface area contributed by atoms with Crippen LogP contribution in [0.25, 0.3) is 0 Å². The van der Waals surface area contributed by atoms with Crippen LogP contribution in [-0.2, 0) is 11.3 Å². The average Bonchev–Trinajstić information content (AvgIpc) is 2.87. The minimum absolute atomic E-state index is 0.157. The van der Waals surface area contributed by atoms with Gasteiger partial charge in [-0.25, -0.2) is 4.98 Å². The van der Waals surface area contributed by atoms with Gasteiger partial charge in [-0.1, -0.05) is 0 Å². The van der Waals surface area contributed by atoms with Crippen molar-refractivity contribution >= 4 is 5.96 Å². The maximum absolute atomic E-state index is 12.7. The van der Waals surface area contributed by atoms with Gasteiger partial charge < -0.3 is 15.4 Å². The van der Waals surface area contributed by atoms with Crippen LogP contribution in [0.5, 0.6) is 0 Å². The zero-order chi connectivity index (χ0) is 15.2. The molecule has 0 aliphatic rings. The number of imidazole rings is 1. The molecule has 0 amide bonds. The fourth-order valence-electron chi connectivity index (χ4n) is 1.41. The van der Waals surface area contributed by atoms with E-state index in [0.29, 0.717) is 12.5 Å². The van der Waals surface area contributed by atoms with E-state index in [2.05, 4.69) is 20.6 Å². The number of hydrogen-bond acceptors (Lipinski definition) is 3. The predicted molar refractivity (Wildman–Crippen MR) is 72.8 cm³/mol. The maximum Gasteiger partial charge on any atom is 0.319 e. The molecule has 0 unspecified atom stereocenters. The largest absolute Gasteiger partial charge is 0.377 e. The predicted octanol–water partition coefficient (Wildman–Crippen LogP) is 1.37. The van der Waals surface area contributed by atoms with Crippen LogP contribution >= 0.6 is 0 Å². The van der Waals surface area contributed by atoms with E-state index in [1.807, 2.05) is 13.8 Å². The fourth-order valence-corrected chi connectivity index (χ4v) is 1.41. The monoisotopic (exact) mass is 289 g/mol. The topological polar surface area (TPSA) is 63.5 Å². The van der Waals surface area contributed by atoms with Crippen LogP contribution in [-0.4, -0.2) is 41.8 Å². The van der Waals surface area contributed by atoms with E-state index in [-0.39, 0.29) is 18.0 Å². The van der Waals surface area contributed by atoms with Crippen LogP contribution in [0.4, 0.5) is 8.78 Å². The standard InChI is InChI=1S/C12H21F2N5O/c1-12(2,20-4)8-18-11(15-3)17-7-9-16-5-6-19(9)10(13)14/h5-6,10H,7-8H2,1-4H3,(H2,15,17,18). The first-order valence-electron chi connectivity index (χ1n) is 6.19. The first-order valence-corrected chi connectivity index (χ1v) is 6.19. The van der Waals surface area contributed by atoms with E-state index in [1.54, 1.807) is 14.2 Å². The van der Waals surface area contributed by atoms with E-state index in [4.69, 9.17) is 4.74 Å². The molecule has 20 heavy (non-hydrogen) atoms. The Morgan fingerprint density at radius 3 is 2.75 bits per heavy atom. The number of alkyl halides is 2. The van der Waals surface area contributed by atoms with Gasteiger partial charge in [0.2, 0.25) is 0 Å². The lowest BCUT2D eigenvalue weighted by atomic mass is 10.1. The molecule has 1 aromatic heterocycles. The summed E-state index contributed by atoms with van der Waals surface area (Å²) in [6, 6.07) is 0. The lowest BCUT2D eigenvalue weighted by molar-refractivity contribution is 0.0268. The van der Waals surface area contributed by atoms with Crippen LogP contribution < -0.4 is 10.6 Å². The lowest BCUT2D eigenvalue weighted by Gasteiger charge is -2.24. The normalized spacial score (nSPS) is 12.8. The molecule has 0 aliphatic heterocycles. The zero-order valence-corrected chi connectivity index (χ0v) is 12.2. The van der Waals surface area contributed by atoms with Crippen molar-refractivity contribution in [2.75, 3.05) is 20.7 Å². The van der Waals surface area contributed by atoms with Gasteiger partial charge in [0, 0.05) is 33.1 Å². The van der Waals surface area contributed by atoms with Gasteiger partial charge in [0.05, 0.1) is 12.1 Å². The Bertz CT molecular complexity index is 445. The number of ether oxygens (including phenoxy) is 1. The van der Waals surface area contributed by atoms with Gasteiger partial charge in [-0.3, -0.25) is 9.56 Å². The summed E-state index contributed by atoms with van der Waals surface area (Å²) in [5, 5.41) is 5.99. The number of guanidine groups is 1. The van der Waals surface area contributed by atoms with E-state index in [0.717, 1.165) is 4.57 Å². The summed E-state index contributed by atoms with van der Waals surface area (Å²) in [6.07, 6.45) is 2.58. The molecule has 0 radical (unpaired) electrons. The Morgan fingerprint density at radius 1 is 1.50 bits per heavy atom. The molecule has 1 aromatic rings. The van der Waals surface area contributed by atoms with Crippen molar-refractivity contribution in [2.24, 2.45) is 4.99 Å². The van der Waals surface area contributed by atoms with Gasteiger partial charge in [-0.15, -0.1) is 0 Å². The van der Waals surface area contributed by atoms with Crippen molar-refractivity contribution in [1.82, 2.24) is 20.2 Å². The number of nitrogens with zero attached hydrogens (tertiary/aromatic N) is 3. The maximum atomic E-state index is 12.7.